The molecule has 2 aromatic rings. The van der Waals surface area contributed by atoms with Gasteiger partial charge in [0.2, 0.25) is 5.91 Å². The molecule has 0 aliphatic rings. The Kier molecular flexibility index (Phi) is 4.91. The van der Waals surface area contributed by atoms with Crippen molar-refractivity contribution in [2.75, 3.05) is 13.2 Å². The summed E-state index contributed by atoms with van der Waals surface area (Å²) >= 11 is 0. The van der Waals surface area contributed by atoms with Crippen LogP contribution < -0.4 is 10.1 Å². The molecule has 22 heavy (non-hydrogen) atoms. The summed E-state index contributed by atoms with van der Waals surface area (Å²) in [5, 5.41) is 3.83. The number of likely N-dealkylation sites (N-methyl/N-ethyl adjacent to an activating group) is 1. The third-order valence-electron chi connectivity index (χ3n) is 3.70. The third-order valence-corrected chi connectivity index (χ3v) is 3.70. The Morgan fingerprint density at radius 1 is 1.32 bits per heavy atom. The largest absolute Gasteiger partial charge is 0.493 e. The van der Waals surface area contributed by atoms with Crippen LogP contribution in [0.4, 0.5) is 0 Å². The predicted molar refractivity (Wildman–Crippen MR) is 89.2 cm³/mol. The van der Waals surface area contributed by atoms with Crippen LogP contribution >= 0.6 is 0 Å². The van der Waals surface area contributed by atoms with Crippen molar-refractivity contribution in [2.45, 2.75) is 34.6 Å². The fourth-order valence-corrected chi connectivity index (χ4v) is 2.45. The number of amides is 1. The van der Waals surface area contributed by atoms with E-state index in [0.717, 1.165) is 39.2 Å². The quantitative estimate of drug-likeness (QED) is 0.850. The number of ether oxygens (including phenoxy) is 1. The lowest BCUT2D eigenvalue weighted by atomic mass is 10.0. The molecule has 0 unspecified atom stereocenters. The summed E-state index contributed by atoms with van der Waals surface area (Å²) in [5.74, 6) is 1.55. The maximum atomic E-state index is 11.8. The third kappa shape index (κ3) is 3.16. The Bertz CT molecular complexity index is 725. The lowest BCUT2D eigenvalue weighted by Gasteiger charge is -2.11. The van der Waals surface area contributed by atoms with Gasteiger partial charge in [0.1, 0.15) is 17.1 Å². The maximum absolute atomic E-state index is 11.8. The van der Waals surface area contributed by atoms with Crippen LogP contribution in [0.3, 0.4) is 0 Å². The Morgan fingerprint density at radius 2 is 2.05 bits per heavy atom. The summed E-state index contributed by atoms with van der Waals surface area (Å²) in [7, 11) is 0. The lowest BCUT2D eigenvalue weighted by Crippen LogP contribution is -2.20. The van der Waals surface area contributed by atoms with Crippen LogP contribution in [0, 0.1) is 13.8 Å². The van der Waals surface area contributed by atoms with Crippen LogP contribution in [0.25, 0.3) is 16.5 Å². The van der Waals surface area contributed by atoms with Gasteiger partial charge in [0, 0.05) is 29.6 Å². The molecule has 2 rings (SSSR count). The zero-order chi connectivity index (χ0) is 16.3. The molecule has 1 heterocycles. The van der Waals surface area contributed by atoms with Crippen LogP contribution in [-0.4, -0.2) is 19.1 Å². The molecule has 1 aromatic heterocycles. The number of benzene rings is 1. The predicted octanol–water partition coefficient (Wildman–Crippen LogP) is 3.99. The fraction of sp³-hybridized carbons (Fsp3) is 0.389. The molecule has 0 bridgehead atoms. The highest BCUT2D eigenvalue weighted by Crippen LogP contribution is 2.34. The number of carbonyl (C=O) groups is 1. The molecule has 1 aromatic carbocycles. The number of rotatable bonds is 5. The second kappa shape index (κ2) is 6.69. The highest BCUT2D eigenvalue weighted by molar-refractivity contribution is 5.97. The van der Waals surface area contributed by atoms with Crippen LogP contribution in [-0.2, 0) is 4.79 Å². The Hall–Kier alpha value is -2.23. The number of hydrogen-bond donors (Lipinski definition) is 1. The van der Waals surface area contributed by atoms with E-state index in [4.69, 9.17) is 9.15 Å². The van der Waals surface area contributed by atoms with Crippen LogP contribution in [0.1, 0.15) is 37.7 Å². The van der Waals surface area contributed by atoms with Crippen molar-refractivity contribution in [2.24, 2.45) is 0 Å². The van der Waals surface area contributed by atoms with Gasteiger partial charge in [0.15, 0.2) is 0 Å². The minimum absolute atomic E-state index is 0.0948. The minimum atomic E-state index is -0.0948. The second-order valence-corrected chi connectivity index (χ2v) is 5.28. The van der Waals surface area contributed by atoms with Gasteiger partial charge in [-0.15, -0.1) is 0 Å². The minimum Gasteiger partial charge on any atom is -0.493 e. The van der Waals surface area contributed by atoms with Crippen molar-refractivity contribution in [1.29, 1.82) is 0 Å². The first-order valence-corrected chi connectivity index (χ1v) is 7.60. The van der Waals surface area contributed by atoms with E-state index >= 15 is 0 Å². The molecular weight excluding hydrogens is 278 g/mol. The van der Waals surface area contributed by atoms with Gasteiger partial charge in [-0.2, -0.15) is 0 Å². The molecule has 0 saturated carbocycles. The SMILES string of the molecule is CCNC(=O)/C=C(\C)c1cc2c(C)c(C)oc2cc1OCC. The number of allylic oxidation sites excluding steroid dienone is 1. The molecule has 0 saturated heterocycles. The van der Waals surface area contributed by atoms with E-state index in [2.05, 4.69) is 5.32 Å². The zero-order valence-electron chi connectivity index (χ0n) is 13.9. The van der Waals surface area contributed by atoms with Crippen molar-refractivity contribution in [3.63, 3.8) is 0 Å². The second-order valence-electron chi connectivity index (χ2n) is 5.28. The molecule has 1 amide bonds. The number of aryl methyl sites for hydroxylation is 2. The molecule has 4 heteroatoms. The number of nitrogens with one attached hydrogen (secondary N) is 1. The van der Waals surface area contributed by atoms with E-state index in [0.29, 0.717) is 13.2 Å². The van der Waals surface area contributed by atoms with E-state index in [1.54, 1.807) is 6.08 Å². The van der Waals surface area contributed by atoms with Crippen LogP contribution in [0.5, 0.6) is 5.75 Å². The summed E-state index contributed by atoms with van der Waals surface area (Å²) in [6.45, 7) is 10.9. The molecule has 0 spiro atoms. The zero-order valence-corrected chi connectivity index (χ0v) is 13.9. The van der Waals surface area contributed by atoms with Gasteiger partial charge in [0.05, 0.1) is 6.61 Å². The summed E-state index contributed by atoms with van der Waals surface area (Å²) in [4.78, 5) is 11.8. The number of carbonyl (C=O) groups excluding carboxylic acids is 1. The van der Waals surface area contributed by atoms with Gasteiger partial charge in [-0.25, -0.2) is 0 Å². The smallest absolute Gasteiger partial charge is 0.244 e. The van der Waals surface area contributed by atoms with E-state index in [1.807, 2.05) is 46.8 Å². The van der Waals surface area contributed by atoms with Gasteiger partial charge >= 0.3 is 0 Å². The number of furan rings is 1. The number of fused-ring (bicyclic) bond motifs is 1. The average Bonchev–Trinajstić information content (AvgIpc) is 2.73. The molecule has 4 nitrogen and oxygen atoms in total. The van der Waals surface area contributed by atoms with Gasteiger partial charge < -0.3 is 14.5 Å². The topological polar surface area (TPSA) is 51.5 Å². The standard InChI is InChI=1S/C18H23NO3/c1-6-19-18(20)8-11(3)14-9-15-12(4)13(5)22-17(15)10-16(14)21-7-2/h8-10H,6-7H2,1-5H3,(H,19,20)/b11-8+. The molecule has 1 N–H and O–H groups in total. The molecule has 0 radical (unpaired) electrons. The Morgan fingerprint density at radius 3 is 2.68 bits per heavy atom. The molecule has 0 aliphatic carbocycles. The molecular formula is C18H23NO3. The van der Waals surface area contributed by atoms with Gasteiger partial charge in [0.25, 0.3) is 0 Å². The molecule has 0 atom stereocenters. The first-order valence-electron chi connectivity index (χ1n) is 7.60. The van der Waals surface area contributed by atoms with E-state index in [1.165, 1.54) is 0 Å². The first kappa shape index (κ1) is 16.1. The Balaban J connectivity index is 2.56. The van der Waals surface area contributed by atoms with Gasteiger partial charge in [-0.05, 0) is 51.8 Å². The van der Waals surface area contributed by atoms with Crippen LogP contribution in [0.15, 0.2) is 22.6 Å². The molecule has 0 fully saturated rings. The van der Waals surface area contributed by atoms with Crippen molar-refractivity contribution >= 4 is 22.4 Å². The van der Waals surface area contributed by atoms with Crippen molar-refractivity contribution in [1.82, 2.24) is 5.32 Å². The monoisotopic (exact) mass is 301 g/mol. The highest BCUT2D eigenvalue weighted by Gasteiger charge is 2.14. The fourth-order valence-electron chi connectivity index (χ4n) is 2.45. The van der Waals surface area contributed by atoms with Crippen LogP contribution in [0.2, 0.25) is 0 Å². The van der Waals surface area contributed by atoms with Crippen molar-refractivity contribution in [3.05, 3.63) is 35.1 Å². The van der Waals surface area contributed by atoms with E-state index < -0.39 is 0 Å². The average molecular weight is 301 g/mol. The molecule has 0 aliphatic heterocycles. The van der Waals surface area contributed by atoms with Gasteiger partial charge in [-0.1, -0.05) is 0 Å². The lowest BCUT2D eigenvalue weighted by molar-refractivity contribution is -0.116. The van der Waals surface area contributed by atoms with Crippen molar-refractivity contribution < 1.29 is 13.9 Å². The maximum Gasteiger partial charge on any atom is 0.244 e. The van der Waals surface area contributed by atoms with E-state index in [-0.39, 0.29) is 5.91 Å². The summed E-state index contributed by atoms with van der Waals surface area (Å²) in [6, 6.07) is 3.94. The summed E-state index contributed by atoms with van der Waals surface area (Å²) in [5.41, 5.74) is 3.72. The van der Waals surface area contributed by atoms with Crippen molar-refractivity contribution in [3.8, 4) is 5.75 Å². The number of hydrogen-bond acceptors (Lipinski definition) is 3. The van der Waals surface area contributed by atoms with Gasteiger partial charge in [-0.3, -0.25) is 4.79 Å². The first-order chi connectivity index (χ1) is 10.5. The molecule has 118 valence electrons. The summed E-state index contributed by atoms with van der Waals surface area (Å²) < 4.78 is 11.5. The normalized spacial score (nSPS) is 11.8. The highest BCUT2D eigenvalue weighted by atomic mass is 16.5. The Labute approximate surface area is 131 Å². The summed E-state index contributed by atoms with van der Waals surface area (Å²) in [6.07, 6.45) is 1.61. The van der Waals surface area contributed by atoms with E-state index in [9.17, 15) is 4.79 Å².